The van der Waals surface area contributed by atoms with Gasteiger partial charge in [-0.3, -0.25) is 4.90 Å². The fourth-order valence-electron chi connectivity index (χ4n) is 2.64. The Morgan fingerprint density at radius 1 is 1.35 bits per heavy atom. The Morgan fingerprint density at radius 3 is 2.45 bits per heavy atom. The topological polar surface area (TPSA) is 29.3 Å². The third-order valence-electron chi connectivity index (χ3n) is 3.68. The van der Waals surface area contributed by atoms with Crippen LogP contribution in [0.3, 0.4) is 0 Å². The molecule has 2 rings (SSSR count). The molecule has 0 aliphatic heterocycles. The van der Waals surface area contributed by atoms with Crippen LogP contribution >= 0.6 is 0 Å². The summed E-state index contributed by atoms with van der Waals surface area (Å²) in [6.45, 7) is 2.61. The third kappa shape index (κ3) is 3.12. The first-order valence-corrected chi connectivity index (χ1v) is 6.71. The van der Waals surface area contributed by atoms with Gasteiger partial charge in [0.15, 0.2) is 0 Å². The van der Waals surface area contributed by atoms with E-state index in [2.05, 4.69) is 0 Å². The monoisotopic (exact) mass is 290 g/mol. The predicted octanol–water partition coefficient (Wildman–Crippen LogP) is 3.33. The minimum atomic E-state index is -4.58. The maximum absolute atomic E-state index is 13.2. The van der Waals surface area contributed by atoms with Crippen LogP contribution in [-0.4, -0.2) is 24.0 Å². The van der Waals surface area contributed by atoms with Crippen molar-refractivity contribution < 1.29 is 17.6 Å². The van der Waals surface area contributed by atoms with Crippen LogP contribution < -0.4 is 5.73 Å². The maximum atomic E-state index is 13.2. The average Bonchev–Trinajstić information content (AvgIpc) is 3.19. The third-order valence-corrected chi connectivity index (χ3v) is 3.68. The molecule has 1 aromatic rings. The van der Waals surface area contributed by atoms with Crippen molar-refractivity contribution >= 4 is 0 Å². The van der Waals surface area contributed by atoms with E-state index in [1.54, 1.807) is 0 Å². The van der Waals surface area contributed by atoms with E-state index in [0.717, 1.165) is 18.9 Å². The quantitative estimate of drug-likeness (QED) is 0.843. The number of nitrogens with zero attached hydrogens (tertiary/aromatic N) is 1. The molecule has 0 heterocycles. The van der Waals surface area contributed by atoms with Crippen LogP contribution in [0, 0.1) is 5.82 Å². The summed E-state index contributed by atoms with van der Waals surface area (Å²) in [5.74, 6) is -0.883. The van der Waals surface area contributed by atoms with E-state index in [9.17, 15) is 17.6 Å². The summed E-state index contributed by atoms with van der Waals surface area (Å²) < 4.78 is 52.4. The van der Waals surface area contributed by atoms with Gasteiger partial charge in [0.05, 0.1) is 5.56 Å². The van der Waals surface area contributed by atoms with E-state index in [-0.39, 0.29) is 12.1 Å². The smallest absolute Gasteiger partial charge is 0.329 e. The summed E-state index contributed by atoms with van der Waals surface area (Å²) in [4.78, 5) is 1.97. The van der Waals surface area contributed by atoms with Crippen molar-refractivity contribution in [2.45, 2.75) is 38.0 Å². The number of halogens is 4. The van der Waals surface area contributed by atoms with Gasteiger partial charge in [0.2, 0.25) is 0 Å². The number of alkyl halides is 3. The number of hydrogen-bond donors (Lipinski definition) is 1. The SMILES string of the molecule is CCN(C1CC1)C(CN)c1ccc(F)cc1C(F)(F)F. The van der Waals surface area contributed by atoms with Crippen LogP contribution in [0.1, 0.15) is 36.9 Å². The van der Waals surface area contributed by atoms with Gasteiger partial charge in [-0.05, 0) is 37.1 Å². The van der Waals surface area contributed by atoms with Gasteiger partial charge in [-0.25, -0.2) is 4.39 Å². The Balaban J connectivity index is 2.43. The molecule has 1 atom stereocenters. The lowest BCUT2D eigenvalue weighted by Gasteiger charge is -2.32. The van der Waals surface area contributed by atoms with Crippen molar-refractivity contribution in [2.24, 2.45) is 5.73 Å². The van der Waals surface area contributed by atoms with Crippen LogP contribution in [0.4, 0.5) is 17.6 Å². The van der Waals surface area contributed by atoms with Crippen molar-refractivity contribution in [2.75, 3.05) is 13.1 Å². The van der Waals surface area contributed by atoms with E-state index >= 15 is 0 Å². The van der Waals surface area contributed by atoms with E-state index in [1.165, 1.54) is 6.07 Å². The maximum Gasteiger partial charge on any atom is 0.416 e. The van der Waals surface area contributed by atoms with E-state index in [4.69, 9.17) is 5.73 Å². The number of hydrogen-bond acceptors (Lipinski definition) is 2. The van der Waals surface area contributed by atoms with Gasteiger partial charge in [0, 0.05) is 18.6 Å². The lowest BCUT2D eigenvalue weighted by molar-refractivity contribution is -0.139. The van der Waals surface area contributed by atoms with Crippen LogP contribution in [0.25, 0.3) is 0 Å². The summed E-state index contributed by atoms with van der Waals surface area (Å²) in [5, 5.41) is 0. The highest BCUT2D eigenvalue weighted by molar-refractivity contribution is 5.33. The van der Waals surface area contributed by atoms with E-state index < -0.39 is 23.6 Å². The molecule has 0 amide bonds. The van der Waals surface area contributed by atoms with Crippen molar-refractivity contribution in [1.82, 2.24) is 4.90 Å². The van der Waals surface area contributed by atoms with Crippen LogP contribution in [0.5, 0.6) is 0 Å². The van der Waals surface area contributed by atoms with Gasteiger partial charge in [-0.15, -0.1) is 0 Å². The molecule has 1 aliphatic carbocycles. The van der Waals surface area contributed by atoms with Gasteiger partial charge >= 0.3 is 6.18 Å². The van der Waals surface area contributed by atoms with Crippen molar-refractivity contribution in [1.29, 1.82) is 0 Å². The zero-order valence-corrected chi connectivity index (χ0v) is 11.3. The highest BCUT2D eigenvalue weighted by Gasteiger charge is 2.39. The first-order chi connectivity index (χ1) is 9.38. The van der Waals surface area contributed by atoms with Crippen molar-refractivity contribution in [3.8, 4) is 0 Å². The molecule has 112 valence electrons. The number of likely N-dealkylation sites (N-methyl/N-ethyl adjacent to an activating group) is 1. The second-order valence-electron chi connectivity index (χ2n) is 5.04. The standard InChI is InChI=1S/C14H18F4N2/c1-2-20(10-4-5-10)13(8-19)11-6-3-9(15)7-12(11)14(16,17)18/h3,6-7,10,13H,2,4-5,8,19H2,1H3. The van der Waals surface area contributed by atoms with Crippen LogP contribution in [0.2, 0.25) is 0 Å². The summed E-state index contributed by atoms with van der Waals surface area (Å²) in [5.41, 5.74) is 4.84. The molecule has 1 unspecified atom stereocenters. The minimum Gasteiger partial charge on any atom is -0.329 e. The molecule has 1 saturated carbocycles. The molecule has 0 spiro atoms. The van der Waals surface area contributed by atoms with Gasteiger partial charge in [0.1, 0.15) is 5.82 Å². The fraction of sp³-hybridized carbons (Fsp3) is 0.571. The first-order valence-electron chi connectivity index (χ1n) is 6.71. The molecule has 2 nitrogen and oxygen atoms in total. The zero-order chi connectivity index (χ0) is 14.9. The highest BCUT2D eigenvalue weighted by atomic mass is 19.4. The molecular formula is C14H18F4N2. The molecule has 1 aromatic carbocycles. The average molecular weight is 290 g/mol. The fourth-order valence-corrected chi connectivity index (χ4v) is 2.64. The summed E-state index contributed by atoms with van der Waals surface area (Å²) >= 11 is 0. The summed E-state index contributed by atoms with van der Waals surface area (Å²) in [7, 11) is 0. The van der Waals surface area contributed by atoms with E-state index in [0.29, 0.717) is 18.7 Å². The highest BCUT2D eigenvalue weighted by Crippen LogP contribution is 2.39. The second kappa shape index (κ2) is 5.69. The molecule has 0 radical (unpaired) electrons. The predicted molar refractivity (Wildman–Crippen MR) is 68.6 cm³/mol. The number of benzene rings is 1. The molecule has 1 fully saturated rings. The molecule has 2 N–H and O–H groups in total. The normalized spacial score (nSPS) is 17.6. The molecule has 20 heavy (non-hydrogen) atoms. The van der Waals surface area contributed by atoms with Gasteiger partial charge in [0.25, 0.3) is 0 Å². The van der Waals surface area contributed by atoms with Gasteiger partial charge in [-0.2, -0.15) is 13.2 Å². The largest absolute Gasteiger partial charge is 0.416 e. The summed E-state index contributed by atoms with van der Waals surface area (Å²) in [6, 6.07) is 2.59. The number of rotatable bonds is 5. The Labute approximate surface area is 115 Å². The molecule has 1 aliphatic rings. The first kappa shape index (κ1) is 15.3. The second-order valence-corrected chi connectivity index (χ2v) is 5.04. The molecule has 0 aromatic heterocycles. The molecule has 0 saturated heterocycles. The Hall–Kier alpha value is -1.14. The van der Waals surface area contributed by atoms with E-state index in [1.807, 2.05) is 11.8 Å². The molecule has 6 heteroatoms. The zero-order valence-electron chi connectivity index (χ0n) is 11.3. The molecule has 0 bridgehead atoms. The van der Waals surface area contributed by atoms with Crippen LogP contribution in [0.15, 0.2) is 18.2 Å². The van der Waals surface area contributed by atoms with Crippen molar-refractivity contribution in [3.05, 3.63) is 35.1 Å². The van der Waals surface area contributed by atoms with Crippen molar-refractivity contribution in [3.63, 3.8) is 0 Å². The van der Waals surface area contributed by atoms with Crippen LogP contribution in [-0.2, 0) is 6.18 Å². The molecular weight excluding hydrogens is 272 g/mol. The van der Waals surface area contributed by atoms with Gasteiger partial charge in [-0.1, -0.05) is 13.0 Å². The minimum absolute atomic E-state index is 0.0650. The lowest BCUT2D eigenvalue weighted by Crippen LogP contribution is -2.36. The lowest BCUT2D eigenvalue weighted by atomic mass is 9.98. The number of nitrogens with two attached hydrogens (primary N) is 1. The summed E-state index contributed by atoms with van der Waals surface area (Å²) in [6.07, 6.45) is -2.62. The Morgan fingerprint density at radius 2 is 2.00 bits per heavy atom. The Kier molecular flexibility index (Phi) is 4.34. The Bertz CT molecular complexity index is 469. The van der Waals surface area contributed by atoms with Gasteiger partial charge < -0.3 is 5.73 Å².